The van der Waals surface area contributed by atoms with Gasteiger partial charge in [-0.05, 0) is 36.6 Å². The lowest BCUT2D eigenvalue weighted by Crippen LogP contribution is -2.00. The number of rotatable bonds is 3. The molecule has 0 heterocycles. The molecule has 2 aromatic carbocycles. The molecule has 0 saturated heterocycles. The van der Waals surface area contributed by atoms with E-state index in [1.807, 2.05) is 30.3 Å². The van der Waals surface area contributed by atoms with Gasteiger partial charge in [0.2, 0.25) is 0 Å². The number of hydrogen-bond donors (Lipinski definition) is 0. The van der Waals surface area contributed by atoms with E-state index < -0.39 is 0 Å². The molecule has 0 aromatic heterocycles. The number of benzene rings is 2. The van der Waals surface area contributed by atoms with E-state index in [0.717, 1.165) is 12.0 Å². The Morgan fingerprint density at radius 2 is 1.94 bits per heavy atom. The van der Waals surface area contributed by atoms with Crippen molar-refractivity contribution in [2.45, 2.75) is 19.3 Å². The monoisotopic (exact) mass is 255 g/mol. The van der Waals surface area contributed by atoms with Crippen LogP contribution in [0.2, 0.25) is 5.02 Å². The molecule has 0 aliphatic carbocycles. The van der Waals surface area contributed by atoms with Crippen molar-refractivity contribution >= 4 is 11.6 Å². The van der Waals surface area contributed by atoms with Gasteiger partial charge in [-0.25, -0.2) is 0 Å². The Bertz CT molecular complexity index is 584. The second kappa shape index (κ2) is 5.71. The molecule has 2 heteroatoms. The lowest BCUT2D eigenvalue weighted by molar-refractivity contribution is 0.848. The Morgan fingerprint density at radius 3 is 2.61 bits per heavy atom. The van der Waals surface area contributed by atoms with Gasteiger partial charge in [0.05, 0.1) is 12.0 Å². The van der Waals surface area contributed by atoms with Crippen molar-refractivity contribution in [2.24, 2.45) is 0 Å². The van der Waals surface area contributed by atoms with Crippen LogP contribution in [-0.2, 0) is 6.42 Å². The lowest BCUT2D eigenvalue weighted by atomic mass is 9.93. The molecule has 2 aromatic rings. The van der Waals surface area contributed by atoms with E-state index in [9.17, 15) is 5.26 Å². The third-order valence-corrected chi connectivity index (χ3v) is 3.16. The quantitative estimate of drug-likeness (QED) is 0.792. The summed E-state index contributed by atoms with van der Waals surface area (Å²) in [4.78, 5) is 0. The first-order valence-corrected chi connectivity index (χ1v) is 6.27. The maximum atomic E-state index is 9.31. The highest BCUT2D eigenvalue weighted by Gasteiger charge is 2.11. The number of halogens is 1. The molecule has 18 heavy (non-hydrogen) atoms. The van der Waals surface area contributed by atoms with Gasteiger partial charge in [0.25, 0.3) is 0 Å². The first-order valence-electron chi connectivity index (χ1n) is 5.89. The molecule has 0 saturated carbocycles. The number of hydrogen-bond acceptors (Lipinski definition) is 1. The normalized spacial score (nSPS) is 11.8. The van der Waals surface area contributed by atoms with Crippen LogP contribution < -0.4 is 0 Å². The highest BCUT2D eigenvalue weighted by Crippen LogP contribution is 2.23. The van der Waals surface area contributed by atoms with E-state index in [0.29, 0.717) is 5.02 Å². The predicted octanol–water partition coefficient (Wildman–Crippen LogP) is 4.50. The molecule has 0 fully saturated rings. The first-order chi connectivity index (χ1) is 8.69. The van der Waals surface area contributed by atoms with Crippen molar-refractivity contribution in [3.8, 4) is 6.07 Å². The van der Waals surface area contributed by atoms with Crippen LogP contribution in [0.5, 0.6) is 0 Å². The average Bonchev–Trinajstić information content (AvgIpc) is 2.36. The summed E-state index contributed by atoms with van der Waals surface area (Å²) in [5.41, 5.74) is 3.38. The molecule has 0 radical (unpaired) electrons. The molecule has 0 spiro atoms. The Labute approximate surface area is 113 Å². The third-order valence-electron chi connectivity index (χ3n) is 2.93. The molecule has 0 aliphatic rings. The Hall–Kier alpha value is -1.78. The summed E-state index contributed by atoms with van der Waals surface area (Å²) in [5, 5.41) is 9.99. The smallest absolute Gasteiger partial charge is 0.0753 e. The van der Waals surface area contributed by atoms with E-state index in [-0.39, 0.29) is 5.92 Å². The molecule has 0 amide bonds. The van der Waals surface area contributed by atoms with Gasteiger partial charge in [0.1, 0.15) is 0 Å². The van der Waals surface area contributed by atoms with Crippen LogP contribution in [0.1, 0.15) is 22.6 Å². The summed E-state index contributed by atoms with van der Waals surface area (Å²) in [7, 11) is 0. The van der Waals surface area contributed by atoms with Crippen LogP contribution in [0.25, 0.3) is 0 Å². The van der Waals surface area contributed by atoms with Gasteiger partial charge in [-0.3, -0.25) is 0 Å². The molecule has 0 bridgehead atoms. The molecular formula is C16H14ClN. The van der Waals surface area contributed by atoms with Crippen LogP contribution in [0.15, 0.2) is 48.5 Å². The zero-order valence-corrected chi connectivity index (χ0v) is 11.0. The SMILES string of the molecule is Cc1cccc(CC(C#N)c2cccc(Cl)c2)c1. The second-order valence-corrected chi connectivity index (χ2v) is 4.87. The highest BCUT2D eigenvalue weighted by atomic mass is 35.5. The summed E-state index contributed by atoms with van der Waals surface area (Å²) in [6, 6.07) is 18.1. The van der Waals surface area contributed by atoms with E-state index in [1.165, 1.54) is 11.1 Å². The van der Waals surface area contributed by atoms with Crippen LogP contribution in [0.3, 0.4) is 0 Å². The second-order valence-electron chi connectivity index (χ2n) is 4.43. The summed E-state index contributed by atoms with van der Waals surface area (Å²) in [5.74, 6) is -0.148. The zero-order chi connectivity index (χ0) is 13.0. The molecule has 1 unspecified atom stereocenters. The predicted molar refractivity (Wildman–Crippen MR) is 74.7 cm³/mol. The lowest BCUT2D eigenvalue weighted by Gasteiger charge is -2.10. The fourth-order valence-electron chi connectivity index (χ4n) is 2.04. The van der Waals surface area contributed by atoms with Crippen molar-refractivity contribution in [1.29, 1.82) is 5.26 Å². The molecule has 90 valence electrons. The minimum atomic E-state index is -0.148. The Balaban J connectivity index is 2.23. The molecular weight excluding hydrogens is 242 g/mol. The molecule has 0 aliphatic heterocycles. The van der Waals surface area contributed by atoms with Crippen molar-refractivity contribution < 1.29 is 0 Å². The van der Waals surface area contributed by atoms with Gasteiger partial charge in [-0.2, -0.15) is 5.26 Å². The van der Waals surface area contributed by atoms with Gasteiger partial charge in [-0.1, -0.05) is 53.6 Å². The van der Waals surface area contributed by atoms with Crippen molar-refractivity contribution in [3.63, 3.8) is 0 Å². The van der Waals surface area contributed by atoms with Crippen molar-refractivity contribution in [1.82, 2.24) is 0 Å². The summed E-state index contributed by atoms with van der Waals surface area (Å²) in [6.45, 7) is 2.06. The Kier molecular flexibility index (Phi) is 4.02. The van der Waals surface area contributed by atoms with Gasteiger partial charge in [-0.15, -0.1) is 0 Å². The van der Waals surface area contributed by atoms with Crippen molar-refractivity contribution in [2.75, 3.05) is 0 Å². The van der Waals surface area contributed by atoms with E-state index in [1.54, 1.807) is 0 Å². The van der Waals surface area contributed by atoms with Crippen LogP contribution in [0, 0.1) is 18.3 Å². The molecule has 2 rings (SSSR count). The molecule has 1 nitrogen and oxygen atoms in total. The highest BCUT2D eigenvalue weighted by molar-refractivity contribution is 6.30. The maximum Gasteiger partial charge on any atom is 0.0753 e. The summed E-state index contributed by atoms with van der Waals surface area (Å²) in [6.07, 6.45) is 0.721. The van der Waals surface area contributed by atoms with Crippen LogP contribution in [-0.4, -0.2) is 0 Å². The average molecular weight is 256 g/mol. The first kappa shape index (κ1) is 12.7. The zero-order valence-electron chi connectivity index (χ0n) is 10.2. The van der Waals surface area contributed by atoms with E-state index >= 15 is 0 Å². The number of nitriles is 1. The topological polar surface area (TPSA) is 23.8 Å². The third kappa shape index (κ3) is 3.12. The van der Waals surface area contributed by atoms with Crippen LogP contribution in [0.4, 0.5) is 0 Å². The van der Waals surface area contributed by atoms with Crippen molar-refractivity contribution in [3.05, 3.63) is 70.2 Å². The summed E-state index contributed by atoms with van der Waals surface area (Å²) >= 11 is 5.96. The maximum absolute atomic E-state index is 9.31. The van der Waals surface area contributed by atoms with Gasteiger partial charge in [0, 0.05) is 5.02 Å². The molecule has 1 atom stereocenters. The number of aryl methyl sites for hydroxylation is 1. The number of nitrogens with zero attached hydrogens (tertiary/aromatic N) is 1. The minimum absolute atomic E-state index is 0.148. The Morgan fingerprint density at radius 1 is 1.17 bits per heavy atom. The fourth-order valence-corrected chi connectivity index (χ4v) is 2.23. The van der Waals surface area contributed by atoms with Gasteiger partial charge >= 0.3 is 0 Å². The van der Waals surface area contributed by atoms with Gasteiger partial charge in [0.15, 0.2) is 0 Å². The molecule has 0 N–H and O–H groups in total. The van der Waals surface area contributed by atoms with Gasteiger partial charge < -0.3 is 0 Å². The minimum Gasteiger partial charge on any atom is -0.198 e. The largest absolute Gasteiger partial charge is 0.198 e. The summed E-state index contributed by atoms with van der Waals surface area (Å²) < 4.78 is 0. The fraction of sp³-hybridized carbons (Fsp3) is 0.188. The van der Waals surface area contributed by atoms with Crippen LogP contribution >= 0.6 is 11.6 Å². The van der Waals surface area contributed by atoms with E-state index in [2.05, 4.69) is 31.2 Å². The van der Waals surface area contributed by atoms with E-state index in [4.69, 9.17) is 11.6 Å². The standard InChI is InChI=1S/C16H14ClN/c1-12-4-2-5-13(8-12)9-15(11-18)14-6-3-7-16(17)10-14/h2-8,10,15H,9H2,1H3.